The van der Waals surface area contributed by atoms with E-state index in [-0.39, 0.29) is 24.1 Å². The largest absolute Gasteiger partial charge is 0.391 e. The highest BCUT2D eigenvalue weighted by molar-refractivity contribution is 7.92. The number of aliphatic hydroxyl groups is 3. The first-order valence-electron chi connectivity index (χ1n) is 11.2. The number of hydrogen-bond donors (Lipinski definition) is 4. The molecule has 4 N–H and O–H groups in total. The third-order valence-corrected chi connectivity index (χ3v) is 9.50. The summed E-state index contributed by atoms with van der Waals surface area (Å²) < 4.78 is 68.0. The summed E-state index contributed by atoms with van der Waals surface area (Å²) in [5.74, 6) is -5.38. The van der Waals surface area contributed by atoms with Crippen molar-refractivity contribution in [3.63, 3.8) is 0 Å². The van der Waals surface area contributed by atoms with Gasteiger partial charge in [0.15, 0.2) is 21.5 Å². The Kier molecular flexibility index (Phi) is 6.73. The van der Waals surface area contributed by atoms with E-state index >= 15 is 0 Å². The lowest BCUT2D eigenvalue weighted by Gasteiger charge is -2.46. The number of halogens is 3. The van der Waals surface area contributed by atoms with Gasteiger partial charge in [-0.2, -0.15) is 0 Å². The van der Waals surface area contributed by atoms with Crippen LogP contribution in [0.2, 0.25) is 0 Å². The summed E-state index contributed by atoms with van der Waals surface area (Å²) in [7, 11) is -4.28. The number of carbonyl (C=O) groups is 1. The zero-order valence-electron chi connectivity index (χ0n) is 18.8. The van der Waals surface area contributed by atoms with E-state index in [4.69, 9.17) is 0 Å². The van der Waals surface area contributed by atoms with Crippen molar-refractivity contribution in [1.29, 1.82) is 0 Å². The second kappa shape index (κ2) is 9.20. The van der Waals surface area contributed by atoms with Crippen molar-refractivity contribution in [1.82, 2.24) is 0 Å². The molecule has 2 aliphatic rings. The van der Waals surface area contributed by atoms with Crippen molar-refractivity contribution in [3.05, 3.63) is 59.4 Å². The van der Waals surface area contributed by atoms with Crippen molar-refractivity contribution in [3.8, 4) is 0 Å². The van der Waals surface area contributed by atoms with Crippen molar-refractivity contribution < 1.29 is 41.7 Å². The van der Waals surface area contributed by atoms with Crippen LogP contribution in [0.1, 0.15) is 43.0 Å². The van der Waals surface area contributed by atoms with Crippen LogP contribution in [0, 0.1) is 29.3 Å². The molecule has 2 bridgehead atoms. The number of benzene rings is 2. The van der Waals surface area contributed by atoms with Crippen LogP contribution in [-0.4, -0.2) is 52.7 Å². The van der Waals surface area contributed by atoms with E-state index < -0.39 is 73.0 Å². The fourth-order valence-corrected chi connectivity index (χ4v) is 7.45. The van der Waals surface area contributed by atoms with E-state index in [9.17, 15) is 41.7 Å². The summed E-state index contributed by atoms with van der Waals surface area (Å²) in [5.41, 5.74) is -1.90. The predicted octanol–water partition coefficient (Wildman–Crippen LogP) is 2.79. The fourth-order valence-electron chi connectivity index (χ4n) is 5.48. The quantitative estimate of drug-likeness (QED) is 0.471. The molecule has 2 aromatic carbocycles. The first kappa shape index (κ1) is 25.6. The van der Waals surface area contributed by atoms with Gasteiger partial charge in [0.05, 0.1) is 17.0 Å². The molecule has 2 unspecified atom stereocenters. The van der Waals surface area contributed by atoms with Crippen molar-refractivity contribution in [2.45, 2.75) is 60.6 Å². The summed E-state index contributed by atoms with van der Waals surface area (Å²) in [5, 5.41) is 32.6. The van der Waals surface area contributed by atoms with E-state index in [1.165, 1.54) is 6.92 Å². The molecule has 2 saturated carbocycles. The number of rotatable bonds is 6. The minimum absolute atomic E-state index is 0.0379. The topological polar surface area (TPSA) is 124 Å². The molecule has 1 amide bonds. The van der Waals surface area contributed by atoms with Gasteiger partial charge in [-0.3, -0.25) is 4.79 Å². The number of nitrogens with one attached hydrogen (secondary N) is 1. The Labute approximate surface area is 200 Å². The maximum atomic E-state index is 14.7. The van der Waals surface area contributed by atoms with Crippen LogP contribution in [0.15, 0.2) is 41.3 Å². The third kappa shape index (κ3) is 4.46. The second-order valence-corrected chi connectivity index (χ2v) is 11.6. The van der Waals surface area contributed by atoms with Gasteiger partial charge < -0.3 is 20.6 Å². The molecule has 190 valence electrons. The molecule has 11 heteroatoms. The van der Waals surface area contributed by atoms with E-state index in [0.717, 1.165) is 36.4 Å². The minimum Gasteiger partial charge on any atom is -0.391 e. The van der Waals surface area contributed by atoms with Gasteiger partial charge in [-0.25, -0.2) is 21.6 Å². The first-order valence-corrected chi connectivity index (χ1v) is 12.8. The number of hydrogen-bond acceptors (Lipinski definition) is 6. The molecule has 4 rings (SSSR count). The molecule has 4 atom stereocenters. The highest BCUT2D eigenvalue weighted by Gasteiger charge is 2.59. The number of fused-ring (bicyclic) bond motifs is 2. The van der Waals surface area contributed by atoms with Crippen LogP contribution < -0.4 is 5.32 Å². The highest BCUT2D eigenvalue weighted by Crippen LogP contribution is 2.53. The molecule has 2 fully saturated rings. The summed E-state index contributed by atoms with van der Waals surface area (Å²) in [4.78, 5) is 11.9. The lowest BCUT2D eigenvalue weighted by Crippen LogP contribution is -2.58. The fraction of sp³-hybridized carbons (Fsp3) is 0.458. The standard InChI is InChI=1S/C24H26F3NO6S/c1-12(29)22(30)24(32)14-3-4-15(24)10-17(9-14)35(33,34)21-8-13(2-6-19(21)26)23(31)28-16-5-7-18(25)20(27)11-16/h2,5-8,11-12,14-15,17,22,29-30,32H,3-4,9-10H2,1H3,(H,28,31)/t12-,14?,15?,17-,22+,24-/m0/s1. The van der Waals surface area contributed by atoms with Gasteiger partial charge in [-0.05, 0) is 74.8 Å². The number of amides is 1. The van der Waals surface area contributed by atoms with Crippen LogP contribution in [-0.2, 0) is 9.84 Å². The van der Waals surface area contributed by atoms with Gasteiger partial charge in [-0.15, -0.1) is 0 Å². The Hall–Kier alpha value is -2.47. The van der Waals surface area contributed by atoms with Crippen LogP contribution >= 0.6 is 0 Å². The van der Waals surface area contributed by atoms with Gasteiger partial charge in [0.1, 0.15) is 16.8 Å². The number of aliphatic hydroxyl groups excluding tert-OH is 2. The van der Waals surface area contributed by atoms with Crippen LogP contribution in [0.5, 0.6) is 0 Å². The molecule has 2 aliphatic carbocycles. The SMILES string of the molecule is C[C@H](O)[C@@H](O)[C@]1(O)C2CCC1C[C@@H](S(=O)(=O)c1cc(C(=O)Nc3ccc(F)c(F)c3)ccc1F)C2. The zero-order chi connectivity index (χ0) is 25.7. The van der Waals surface area contributed by atoms with Crippen LogP contribution in [0.4, 0.5) is 18.9 Å². The number of carbonyl (C=O) groups excluding carboxylic acids is 1. The van der Waals surface area contributed by atoms with Gasteiger partial charge in [0, 0.05) is 17.3 Å². The summed E-state index contributed by atoms with van der Waals surface area (Å²) in [6.45, 7) is 1.34. The summed E-state index contributed by atoms with van der Waals surface area (Å²) >= 11 is 0. The smallest absolute Gasteiger partial charge is 0.255 e. The van der Waals surface area contributed by atoms with Crippen LogP contribution in [0.3, 0.4) is 0 Å². The molecular weight excluding hydrogens is 487 g/mol. The van der Waals surface area contributed by atoms with Gasteiger partial charge in [0.25, 0.3) is 5.91 Å². The van der Waals surface area contributed by atoms with E-state index in [1.54, 1.807) is 0 Å². The zero-order valence-corrected chi connectivity index (χ0v) is 19.6. The van der Waals surface area contributed by atoms with E-state index in [0.29, 0.717) is 12.8 Å². The molecule has 0 saturated heterocycles. The Bertz CT molecular complexity index is 1240. The molecule has 0 heterocycles. The van der Waals surface area contributed by atoms with Crippen molar-refractivity contribution >= 4 is 21.4 Å². The Balaban J connectivity index is 1.59. The second-order valence-electron chi connectivity index (χ2n) is 9.41. The Morgan fingerprint density at radius 2 is 1.60 bits per heavy atom. The maximum Gasteiger partial charge on any atom is 0.255 e. The number of sulfone groups is 1. The predicted molar refractivity (Wildman–Crippen MR) is 120 cm³/mol. The molecule has 35 heavy (non-hydrogen) atoms. The third-order valence-electron chi connectivity index (χ3n) is 7.31. The Morgan fingerprint density at radius 3 is 2.17 bits per heavy atom. The average Bonchev–Trinajstić information content (AvgIpc) is 2.97. The summed E-state index contributed by atoms with van der Waals surface area (Å²) in [6, 6.07) is 5.52. The molecule has 0 aliphatic heterocycles. The normalized spacial score (nSPS) is 27.9. The average molecular weight is 514 g/mol. The molecule has 0 radical (unpaired) electrons. The molecule has 7 nitrogen and oxygen atoms in total. The maximum absolute atomic E-state index is 14.7. The van der Waals surface area contributed by atoms with Crippen LogP contribution in [0.25, 0.3) is 0 Å². The molecule has 2 aromatic rings. The Morgan fingerprint density at radius 1 is 1.00 bits per heavy atom. The number of anilines is 1. The molecule has 0 aromatic heterocycles. The van der Waals surface area contributed by atoms with E-state index in [1.807, 2.05) is 0 Å². The van der Waals surface area contributed by atoms with Gasteiger partial charge in [-0.1, -0.05) is 0 Å². The van der Waals surface area contributed by atoms with Crippen molar-refractivity contribution in [2.75, 3.05) is 5.32 Å². The highest BCUT2D eigenvalue weighted by atomic mass is 32.2. The monoisotopic (exact) mass is 513 g/mol. The molecular formula is C24H26F3NO6S. The first-order chi connectivity index (χ1) is 16.4. The lowest BCUT2D eigenvalue weighted by molar-refractivity contribution is -0.172. The lowest BCUT2D eigenvalue weighted by atomic mass is 9.70. The molecule has 0 spiro atoms. The van der Waals surface area contributed by atoms with Crippen molar-refractivity contribution in [2.24, 2.45) is 11.8 Å². The van der Waals surface area contributed by atoms with Gasteiger partial charge >= 0.3 is 0 Å². The minimum atomic E-state index is -4.28. The summed E-state index contributed by atoms with van der Waals surface area (Å²) in [6.07, 6.45) is -1.82. The van der Waals surface area contributed by atoms with E-state index in [2.05, 4.69) is 5.32 Å². The van der Waals surface area contributed by atoms with Gasteiger partial charge in [0.2, 0.25) is 0 Å².